The SMILES string of the molecule is CC(C)(C)OC(=O)NC12CNCC1(CO[Si](C)(C)C(C)(C)C)C2. The van der Waals surface area contributed by atoms with Crippen LogP contribution in [0.15, 0.2) is 0 Å². The maximum Gasteiger partial charge on any atom is 0.408 e. The van der Waals surface area contributed by atoms with Crippen molar-refractivity contribution in [3.05, 3.63) is 0 Å². The summed E-state index contributed by atoms with van der Waals surface area (Å²) in [5.74, 6) is 0. The largest absolute Gasteiger partial charge is 0.444 e. The smallest absolute Gasteiger partial charge is 0.408 e. The van der Waals surface area contributed by atoms with Gasteiger partial charge in [0, 0.05) is 25.1 Å². The number of nitrogens with one attached hydrogen (secondary N) is 2. The quantitative estimate of drug-likeness (QED) is 0.770. The van der Waals surface area contributed by atoms with E-state index in [0.717, 1.165) is 19.5 Å². The molecule has 1 amide bonds. The van der Waals surface area contributed by atoms with Gasteiger partial charge in [-0.05, 0) is 45.3 Å². The van der Waals surface area contributed by atoms with E-state index in [1.54, 1.807) is 0 Å². The van der Waals surface area contributed by atoms with Crippen LogP contribution >= 0.6 is 0 Å². The van der Waals surface area contributed by atoms with Crippen molar-refractivity contribution in [2.24, 2.45) is 5.41 Å². The molecule has 1 saturated carbocycles. The van der Waals surface area contributed by atoms with Crippen LogP contribution in [0.2, 0.25) is 18.1 Å². The molecule has 1 aliphatic heterocycles. The van der Waals surface area contributed by atoms with Crippen LogP contribution in [-0.4, -0.2) is 45.2 Å². The molecule has 0 aromatic carbocycles. The highest BCUT2D eigenvalue weighted by atomic mass is 28.4. The Morgan fingerprint density at radius 1 is 1.17 bits per heavy atom. The highest BCUT2D eigenvalue weighted by Crippen LogP contribution is 2.59. The zero-order valence-corrected chi connectivity index (χ0v) is 17.1. The molecule has 0 spiro atoms. The molecule has 6 heteroatoms. The number of fused-ring (bicyclic) bond motifs is 1. The topological polar surface area (TPSA) is 59.6 Å². The summed E-state index contributed by atoms with van der Waals surface area (Å²) in [5.41, 5.74) is -0.640. The molecule has 0 aromatic rings. The van der Waals surface area contributed by atoms with Gasteiger partial charge in [-0.3, -0.25) is 0 Å². The Bertz CT molecular complexity index is 481. The minimum absolute atomic E-state index is 0.0272. The molecule has 5 nitrogen and oxygen atoms in total. The molecule has 2 rings (SSSR count). The number of ether oxygens (including phenoxy) is 1. The zero-order chi connectivity index (χ0) is 17.7. The van der Waals surface area contributed by atoms with Crippen LogP contribution in [0.1, 0.15) is 48.0 Å². The number of hydrogen-bond acceptors (Lipinski definition) is 4. The highest BCUT2D eigenvalue weighted by molar-refractivity contribution is 6.74. The van der Waals surface area contributed by atoms with Crippen LogP contribution < -0.4 is 10.6 Å². The second-order valence-corrected chi connectivity index (χ2v) is 14.6. The van der Waals surface area contributed by atoms with Crippen molar-refractivity contribution in [3.8, 4) is 0 Å². The van der Waals surface area contributed by atoms with Crippen LogP contribution in [0.5, 0.6) is 0 Å². The molecule has 2 N–H and O–H groups in total. The van der Waals surface area contributed by atoms with Gasteiger partial charge >= 0.3 is 6.09 Å². The van der Waals surface area contributed by atoms with E-state index in [4.69, 9.17) is 9.16 Å². The van der Waals surface area contributed by atoms with Crippen molar-refractivity contribution < 1.29 is 14.0 Å². The third-order valence-corrected chi connectivity index (χ3v) is 10.2. The molecule has 0 bridgehead atoms. The van der Waals surface area contributed by atoms with Gasteiger partial charge < -0.3 is 19.8 Å². The fourth-order valence-electron chi connectivity index (χ4n) is 3.03. The van der Waals surface area contributed by atoms with Crippen LogP contribution in [0.3, 0.4) is 0 Å². The summed E-state index contributed by atoms with van der Waals surface area (Å²) >= 11 is 0. The van der Waals surface area contributed by atoms with Gasteiger partial charge in [-0.15, -0.1) is 0 Å². The first-order chi connectivity index (χ1) is 10.2. The molecule has 23 heavy (non-hydrogen) atoms. The molecule has 2 aliphatic rings. The Morgan fingerprint density at radius 2 is 1.78 bits per heavy atom. The van der Waals surface area contributed by atoms with E-state index in [9.17, 15) is 4.79 Å². The monoisotopic (exact) mass is 342 g/mol. The van der Waals surface area contributed by atoms with E-state index >= 15 is 0 Å². The van der Waals surface area contributed by atoms with E-state index in [2.05, 4.69) is 44.5 Å². The summed E-state index contributed by atoms with van der Waals surface area (Å²) in [7, 11) is -1.78. The van der Waals surface area contributed by atoms with E-state index in [1.165, 1.54) is 0 Å². The van der Waals surface area contributed by atoms with Gasteiger partial charge in [-0.1, -0.05) is 20.8 Å². The first kappa shape index (κ1) is 18.7. The Kier molecular flexibility index (Phi) is 4.45. The summed E-state index contributed by atoms with van der Waals surface area (Å²) < 4.78 is 11.9. The Labute approximate surface area is 142 Å². The lowest BCUT2D eigenvalue weighted by molar-refractivity contribution is 0.0485. The van der Waals surface area contributed by atoms with E-state index < -0.39 is 13.9 Å². The van der Waals surface area contributed by atoms with Crippen LogP contribution in [0.25, 0.3) is 0 Å². The summed E-state index contributed by atoms with van der Waals surface area (Å²) in [6, 6.07) is 0. The molecular weight excluding hydrogens is 308 g/mol. The minimum Gasteiger partial charge on any atom is -0.444 e. The lowest BCUT2D eigenvalue weighted by Crippen LogP contribution is -2.47. The Morgan fingerprint density at radius 3 is 2.30 bits per heavy atom. The van der Waals surface area contributed by atoms with Gasteiger partial charge in [-0.25, -0.2) is 4.79 Å². The number of carbonyl (C=O) groups excluding carboxylic acids is 1. The molecule has 1 aliphatic carbocycles. The van der Waals surface area contributed by atoms with Gasteiger partial charge in [0.15, 0.2) is 8.32 Å². The Balaban J connectivity index is 1.97. The van der Waals surface area contributed by atoms with Crippen molar-refractivity contribution in [1.82, 2.24) is 10.6 Å². The predicted octanol–water partition coefficient (Wildman–Crippen LogP) is 3.27. The number of alkyl carbamates (subject to hydrolysis) is 1. The Hall–Kier alpha value is -0.593. The van der Waals surface area contributed by atoms with Gasteiger partial charge in [-0.2, -0.15) is 0 Å². The van der Waals surface area contributed by atoms with E-state index in [-0.39, 0.29) is 22.1 Å². The summed E-state index contributed by atoms with van der Waals surface area (Å²) in [6.07, 6.45) is 0.649. The lowest BCUT2D eigenvalue weighted by Gasteiger charge is -2.37. The number of carbonyl (C=O) groups is 1. The molecule has 0 radical (unpaired) electrons. The summed E-state index contributed by atoms with van der Waals surface area (Å²) in [5, 5.41) is 6.73. The molecule has 2 fully saturated rings. The van der Waals surface area contributed by atoms with E-state index in [0.29, 0.717) is 6.61 Å². The maximum atomic E-state index is 12.2. The summed E-state index contributed by atoms with van der Waals surface area (Å²) in [4.78, 5) is 12.2. The fraction of sp³-hybridized carbons (Fsp3) is 0.941. The maximum absolute atomic E-state index is 12.2. The van der Waals surface area contributed by atoms with Crippen molar-refractivity contribution >= 4 is 14.4 Å². The second-order valence-electron chi connectivity index (χ2n) is 9.82. The van der Waals surface area contributed by atoms with E-state index in [1.807, 2.05) is 20.8 Å². The average molecular weight is 343 g/mol. The molecule has 0 aromatic heterocycles. The number of rotatable bonds is 4. The first-order valence-corrected chi connectivity index (χ1v) is 11.5. The molecule has 1 heterocycles. The average Bonchev–Trinajstić information content (AvgIpc) is 2.78. The predicted molar refractivity (Wildman–Crippen MR) is 95.2 cm³/mol. The molecule has 134 valence electrons. The zero-order valence-electron chi connectivity index (χ0n) is 16.1. The first-order valence-electron chi connectivity index (χ1n) is 8.58. The minimum atomic E-state index is -1.78. The molecule has 2 unspecified atom stereocenters. The van der Waals surface area contributed by atoms with Crippen molar-refractivity contribution in [1.29, 1.82) is 0 Å². The fourth-order valence-corrected chi connectivity index (χ4v) is 4.10. The van der Waals surface area contributed by atoms with Crippen LogP contribution in [0, 0.1) is 5.41 Å². The standard InChI is InChI=1S/C17H34N2O3Si/c1-14(2,3)22-13(20)19-17-9-16(17,10-18-11-17)12-21-23(7,8)15(4,5)6/h18H,9-12H2,1-8H3,(H,19,20). The van der Waals surface area contributed by atoms with Gasteiger partial charge in [0.2, 0.25) is 0 Å². The van der Waals surface area contributed by atoms with Gasteiger partial charge in [0.25, 0.3) is 0 Å². The molecule has 2 atom stereocenters. The van der Waals surface area contributed by atoms with Crippen molar-refractivity contribution in [3.63, 3.8) is 0 Å². The van der Waals surface area contributed by atoms with Crippen LogP contribution in [-0.2, 0) is 9.16 Å². The number of piperidine rings is 1. The highest BCUT2D eigenvalue weighted by Gasteiger charge is 2.71. The lowest BCUT2D eigenvalue weighted by atomic mass is 10.1. The third kappa shape index (κ3) is 3.74. The number of amides is 1. The second kappa shape index (κ2) is 5.46. The van der Waals surface area contributed by atoms with Crippen molar-refractivity contribution in [2.75, 3.05) is 19.7 Å². The third-order valence-electron chi connectivity index (χ3n) is 5.68. The summed E-state index contributed by atoms with van der Waals surface area (Å²) in [6.45, 7) is 19.4. The number of hydrogen-bond donors (Lipinski definition) is 2. The molecule has 1 saturated heterocycles. The van der Waals surface area contributed by atoms with Crippen molar-refractivity contribution in [2.45, 2.75) is 77.2 Å². The van der Waals surface area contributed by atoms with Crippen LogP contribution in [0.4, 0.5) is 4.79 Å². The molecular formula is C17H34N2O3Si. The van der Waals surface area contributed by atoms with Gasteiger partial charge in [0.05, 0.1) is 5.54 Å². The normalized spacial score (nSPS) is 30.8. The van der Waals surface area contributed by atoms with Gasteiger partial charge in [0.1, 0.15) is 5.60 Å².